The highest BCUT2D eigenvalue weighted by Crippen LogP contribution is 2.21. The molecule has 0 atom stereocenters. The second-order valence-electron chi connectivity index (χ2n) is 7.64. The van der Waals surface area contributed by atoms with Crippen LogP contribution < -0.4 is 10.6 Å². The van der Waals surface area contributed by atoms with Crippen LogP contribution in [0.3, 0.4) is 0 Å². The lowest BCUT2D eigenvalue weighted by Crippen LogP contribution is -2.44. The predicted octanol–water partition coefficient (Wildman–Crippen LogP) is 3.10. The number of aryl methyl sites for hydroxylation is 1. The number of ether oxygens (including phenoxy) is 2. The summed E-state index contributed by atoms with van der Waals surface area (Å²) in [6.07, 6.45) is 0. The molecule has 1 saturated heterocycles. The van der Waals surface area contributed by atoms with E-state index in [-0.39, 0.29) is 34.3 Å². The van der Waals surface area contributed by atoms with Crippen LogP contribution in [0.2, 0.25) is 0 Å². The highest BCUT2D eigenvalue weighted by atomic mass is 35.5. The summed E-state index contributed by atoms with van der Waals surface area (Å²) in [6, 6.07) is 7.51. The van der Waals surface area contributed by atoms with Crippen LogP contribution in [-0.4, -0.2) is 55.8 Å². The van der Waals surface area contributed by atoms with E-state index in [1.54, 1.807) is 13.0 Å². The van der Waals surface area contributed by atoms with E-state index in [9.17, 15) is 23.2 Å². The molecule has 35 heavy (non-hydrogen) atoms. The smallest absolute Gasteiger partial charge is 0.295 e. The van der Waals surface area contributed by atoms with Crippen molar-refractivity contribution in [3.05, 3.63) is 75.6 Å². The van der Waals surface area contributed by atoms with Gasteiger partial charge in [-0.2, -0.15) is 0 Å². The molecule has 3 rings (SSSR count). The van der Waals surface area contributed by atoms with E-state index < -0.39 is 29.2 Å². The molecule has 186 valence electrons. The molecule has 0 aliphatic carbocycles. The Bertz CT molecular complexity index is 1170. The van der Waals surface area contributed by atoms with E-state index in [2.05, 4.69) is 10.6 Å². The van der Waals surface area contributed by atoms with E-state index in [0.29, 0.717) is 31.9 Å². The molecule has 0 spiro atoms. The molecular weight excluding hydrogens is 484 g/mol. The van der Waals surface area contributed by atoms with Crippen molar-refractivity contribution in [3.8, 4) is 0 Å². The minimum atomic E-state index is -0.801. The molecule has 8 nitrogen and oxygen atoms in total. The second-order valence-corrected chi connectivity index (χ2v) is 8.01. The number of rotatable bonds is 8. The largest absolute Gasteiger partial charge is 0.473 e. The number of halogens is 3. The lowest BCUT2D eigenvalue weighted by molar-refractivity contribution is -0.130. The van der Waals surface area contributed by atoms with Crippen LogP contribution in [0.4, 0.5) is 14.5 Å². The number of Topliss-reactive ketones (excluding diaryl/α,β-unsaturated/α-hetero) is 1. The number of nitrogens with one attached hydrogen (secondary N) is 2. The van der Waals surface area contributed by atoms with E-state index >= 15 is 0 Å². The Morgan fingerprint density at radius 1 is 1.11 bits per heavy atom. The summed E-state index contributed by atoms with van der Waals surface area (Å²) in [5.74, 6) is -3.78. The van der Waals surface area contributed by atoms with Crippen molar-refractivity contribution >= 4 is 34.9 Å². The van der Waals surface area contributed by atoms with Crippen molar-refractivity contribution in [2.24, 2.45) is 0 Å². The fourth-order valence-electron chi connectivity index (χ4n) is 3.25. The minimum Gasteiger partial charge on any atom is -0.473 e. The second kappa shape index (κ2) is 11.8. The standard InChI is InChI=1S/C24H24ClF2N3O5/c1-14-3-4-15(21(31)24(33)30-7-9-34-10-8-30)11-19(14)29-22(32)20(25)23(28-2)35-13-16-5-6-17(26)12-18(16)27/h3-6,11-12,28H,7-10,13H2,1-2H3,(H,29,32)/b23-20-. The van der Waals surface area contributed by atoms with Gasteiger partial charge in [0.15, 0.2) is 5.03 Å². The van der Waals surface area contributed by atoms with Gasteiger partial charge in [-0.3, -0.25) is 14.4 Å². The molecule has 2 aromatic rings. The van der Waals surface area contributed by atoms with Crippen molar-refractivity contribution in [1.29, 1.82) is 0 Å². The summed E-state index contributed by atoms with van der Waals surface area (Å²) in [5.41, 5.74) is 1.07. The SMILES string of the molecule is CN/C(OCc1ccc(F)cc1F)=C(/Cl)C(=O)Nc1cc(C(=O)C(=O)N2CCOCC2)ccc1C. The van der Waals surface area contributed by atoms with Gasteiger partial charge in [-0.15, -0.1) is 0 Å². The van der Waals surface area contributed by atoms with E-state index in [1.807, 2.05) is 0 Å². The maximum absolute atomic E-state index is 13.8. The van der Waals surface area contributed by atoms with Gasteiger partial charge in [0.05, 0.1) is 13.2 Å². The fraction of sp³-hybridized carbons (Fsp3) is 0.292. The lowest BCUT2D eigenvalue weighted by atomic mass is 10.1. The number of carbonyl (C=O) groups excluding carboxylic acids is 3. The zero-order chi connectivity index (χ0) is 25.5. The van der Waals surface area contributed by atoms with E-state index in [1.165, 1.54) is 30.1 Å². The molecule has 1 aliphatic heterocycles. The quantitative estimate of drug-likeness (QED) is 0.247. The molecule has 11 heteroatoms. The maximum Gasteiger partial charge on any atom is 0.295 e. The summed E-state index contributed by atoms with van der Waals surface area (Å²) in [6.45, 7) is 2.78. The third-order valence-electron chi connectivity index (χ3n) is 5.25. The van der Waals surface area contributed by atoms with Gasteiger partial charge in [0.25, 0.3) is 11.8 Å². The molecule has 2 amide bonds. The minimum absolute atomic E-state index is 0.0658. The van der Waals surface area contributed by atoms with Gasteiger partial charge in [0, 0.05) is 43.0 Å². The third-order valence-corrected chi connectivity index (χ3v) is 5.60. The van der Waals surface area contributed by atoms with Crippen molar-refractivity contribution in [2.45, 2.75) is 13.5 Å². The number of amides is 2. The zero-order valence-corrected chi connectivity index (χ0v) is 19.9. The molecule has 1 fully saturated rings. The first-order valence-corrected chi connectivity index (χ1v) is 11.1. The van der Waals surface area contributed by atoms with Gasteiger partial charge >= 0.3 is 0 Å². The predicted molar refractivity (Wildman–Crippen MR) is 125 cm³/mol. The Kier molecular flexibility index (Phi) is 8.78. The Morgan fingerprint density at radius 3 is 2.49 bits per heavy atom. The number of carbonyl (C=O) groups is 3. The van der Waals surface area contributed by atoms with Crippen molar-refractivity contribution in [3.63, 3.8) is 0 Å². The highest BCUT2D eigenvalue weighted by Gasteiger charge is 2.25. The van der Waals surface area contributed by atoms with Crippen molar-refractivity contribution < 1.29 is 32.6 Å². The van der Waals surface area contributed by atoms with Gasteiger partial charge in [-0.1, -0.05) is 23.7 Å². The van der Waals surface area contributed by atoms with Crippen LogP contribution in [0.1, 0.15) is 21.5 Å². The van der Waals surface area contributed by atoms with Crippen LogP contribution in [0.15, 0.2) is 47.3 Å². The molecule has 0 radical (unpaired) electrons. The molecule has 0 saturated carbocycles. The first kappa shape index (κ1) is 26.1. The molecule has 0 aromatic heterocycles. The van der Waals surface area contributed by atoms with Crippen LogP contribution in [0, 0.1) is 18.6 Å². The van der Waals surface area contributed by atoms with Crippen molar-refractivity contribution in [1.82, 2.24) is 10.2 Å². The topological polar surface area (TPSA) is 97.0 Å². The average molecular weight is 508 g/mol. The van der Waals surface area contributed by atoms with Gasteiger partial charge < -0.3 is 25.0 Å². The molecule has 1 aliphatic rings. The highest BCUT2D eigenvalue weighted by molar-refractivity contribution is 6.44. The summed E-state index contributed by atoms with van der Waals surface area (Å²) in [7, 11) is 1.45. The van der Waals surface area contributed by atoms with Gasteiger partial charge in [-0.25, -0.2) is 8.78 Å². The Morgan fingerprint density at radius 2 is 1.83 bits per heavy atom. The average Bonchev–Trinajstić information content (AvgIpc) is 2.86. The van der Waals surface area contributed by atoms with Crippen LogP contribution in [0.5, 0.6) is 0 Å². The summed E-state index contributed by atoms with van der Waals surface area (Å²) < 4.78 is 37.5. The monoisotopic (exact) mass is 507 g/mol. The fourth-order valence-corrected chi connectivity index (χ4v) is 3.44. The summed E-state index contributed by atoms with van der Waals surface area (Å²) in [5, 5.41) is 4.84. The molecule has 2 aromatic carbocycles. The molecular formula is C24H24ClF2N3O5. The lowest BCUT2D eigenvalue weighted by Gasteiger charge is -2.26. The van der Waals surface area contributed by atoms with Crippen molar-refractivity contribution in [2.75, 3.05) is 38.7 Å². The van der Waals surface area contributed by atoms with Gasteiger partial charge in [-0.05, 0) is 30.7 Å². The molecule has 1 heterocycles. The summed E-state index contributed by atoms with van der Waals surface area (Å²) >= 11 is 6.17. The van der Waals surface area contributed by atoms with E-state index in [4.69, 9.17) is 21.1 Å². The first-order chi connectivity index (χ1) is 16.7. The number of anilines is 1. The zero-order valence-electron chi connectivity index (χ0n) is 19.1. The normalized spacial score (nSPS) is 14.1. The van der Waals surface area contributed by atoms with Crippen LogP contribution >= 0.6 is 11.6 Å². The summed E-state index contributed by atoms with van der Waals surface area (Å²) in [4.78, 5) is 39.4. The van der Waals surface area contributed by atoms with Gasteiger partial charge in [0.2, 0.25) is 11.7 Å². The van der Waals surface area contributed by atoms with Crippen LogP contribution in [-0.2, 0) is 25.7 Å². The Labute approximate surface area is 205 Å². The third kappa shape index (κ3) is 6.55. The Balaban J connectivity index is 1.72. The van der Waals surface area contributed by atoms with Gasteiger partial charge in [0.1, 0.15) is 18.2 Å². The number of morpholine rings is 1. The maximum atomic E-state index is 13.8. The Hall–Kier alpha value is -3.50. The molecule has 2 N–H and O–H groups in total. The van der Waals surface area contributed by atoms with Crippen LogP contribution in [0.25, 0.3) is 0 Å². The molecule has 0 unspecified atom stereocenters. The van der Waals surface area contributed by atoms with E-state index in [0.717, 1.165) is 12.1 Å². The first-order valence-electron chi connectivity index (χ1n) is 10.7. The number of benzene rings is 2. The number of ketones is 1. The number of hydrogen-bond donors (Lipinski definition) is 2. The molecule has 0 bridgehead atoms. The number of hydrogen-bond acceptors (Lipinski definition) is 6. The number of nitrogens with zero attached hydrogens (tertiary/aromatic N) is 1.